The third kappa shape index (κ3) is 2.81. The van der Waals surface area contributed by atoms with Crippen LogP contribution in [0.5, 0.6) is 0 Å². The van der Waals surface area contributed by atoms with Gasteiger partial charge in [-0.3, -0.25) is 0 Å². The lowest BCUT2D eigenvalue weighted by Gasteiger charge is -2.20. The molecule has 2 rings (SSSR count). The second-order valence-corrected chi connectivity index (χ2v) is 7.21. The van der Waals surface area contributed by atoms with Gasteiger partial charge in [-0.1, -0.05) is 32.4 Å². The Kier molecular flexibility index (Phi) is 3.48. The van der Waals surface area contributed by atoms with E-state index in [4.69, 9.17) is 23.8 Å². The Bertz CT molecular complexity index is 572. The second-order valence-electron chi connectivity index (χ2n) is 5.02. The van der Waals surface area contributed by atoms with Crippen molar-refractivity contribution >= 4 is 35.2 Å². The first-order valence-electron chi connectivity index (χ1n) is 5.41. The van der Waals surface area contributed by atoms with Crippen molar-refractivity contribution in [1.82, 2.24) is 9.55 Å². The molecule has 0 atom stereocenters. The molecule has 0 saturated carbocycles. The molecule has 0 aromatic carbocycles. The molecule has 2 aromatic heterocycles. The molecule has 2 heterocycles. The summed E-state index contributed by atoms with van der Waals surface area (Å²) in [5.41, 5.74) is 1.29. The summed E-state index contributed by atoms with van der Waals surface area (Å²) < 4.78 is 3.72. The normalized spacial score (nSPS) is 12.0. The van der Waals surface area contributed by atoms with Crippen molar-refractivity contribution in [2.24, 2.45) is 0 Å². The predicted octanol–water partition coefficient (Wildman–Crippen LogP) is 4.61. The molecule has 0 saturated heterocycles. The molecule has 0 aliphatic rings. The van der Waals surface area contributed by atoms with Crippen molar-refractivity contribution in [1.29, 1.82) is 0 Å². The highest BCUT2D eigenvalue weighted by Crippen LogP contribution is 2.26. The number of hydrogen-bond acceptors (Lipinski definition) is 2. The maximum absolute atomic E-state index is 5.95. The zero-order valence-corrected chi connectivity index (χ0v) is 12.5. The number of nitrogens with one attached hydrogen (secondary N) is 1. The molecule has 0 radical (unpaired) electrons. The van der Waals surface area contributed by atoms with E-state index in [0.717, 1.165) is 15.7 Å². The monoisotopic (exact) mass is 286 g/mol. The van der Waals surface area contributed by atoms with Gasteiger partial charge >= 0.3 is 0 Å². The van der Waals surface area contributed by atoms with E-state index in [1.807, 2.05) is 18.3 Å². The zero-order chi connectivity index (χ0) is 12.6. The minimum Gasteiger partial charge on any atom is -0.337 e. The Balaban J connectivity index is 2.39. The van der Waals surface area contributed by atoms with Crippen molar-refractivity contribution in [3.8, 4) is 0 Å². The van der Waals surface area contributed by atoms with Gasteiger partial charge < -0.3 is 9.55 Å². The number of halogens is 1. The van der Waals surface area contributed by atoms with Gasteiger partial charge in [0.1, 0.15) is 0 Å². The van der Waals surface area contributed by atoms with E-state index in [1.54, 1.807) is 11.3 Å². The summed E-state index contributed by atoms with van der Waals surface area (Å²) >= 11 is 12.9. The quantitative estimate of drug-likeness (QED) is 0.800. The maximum Gasteiger partial charge on any atom is 0.177 e. The maximum atomic E-state index is 5.95. The van der Waals surface area contributed by atoms with E-state index < -0.39 is 0 Å². The molecule has 0 spiro atoms. The van der Waals surface area contributed by atoms with Gasteiger partial charge in [0.05, 0.1) is 10.9 Å². The molecule has 2 aromatic rings. The summed E-state index contributed by atoms with van der Waals surface area (Å²) in [5.74, 6) is 0. The molecule has 0 bridgehead atoms. The number of hydrogen-bond donors (Lipinski definition) is 1. The smallest absolute Gasteiger partial charge is 0.177 e. The predicted molar refractivity (Wildman–Crippen MR) is 76.7 cm³/mol. The largest absolute Gasteiger partial charge is 0.337 e. The van der Waals surface area contributed by atoms with Crippen LogP contribution in [0.1, 0.15) is 31.3 Å². The number of aromatic amines is 1. The van der Waals surface area contributed by atoms with Crippen LogP contribution in [0, 0.1) is 4.77 Å². The Morgan fingerprint density at radius 2 is 2.12 bits per heavy atom. The van der Waals surface area contributed by atoms with E-state index in [9.17, 15) is 0 Å². The minimum absolute atomic E-state index is 0.0780. The molecular weight excluding hydrogens is 272 g/mol. The van der Waals surface area contributed by atoms with Crippen LogP contribution in [-0.2, 0) is 12.0 Å². The van der Waals surface area contributed by atoms with Gasteiger partial charge in [-0.25, -0.2) is 0 Å². The molecule has 0 aliphatic carbocycles. The van der Waals surface area contributed by atoms with E-state index in [1.165, 1.54) is 10.6 Å². The summed E-state index contributed by atoms with van der Waals surface area (Å²) in [7, 11) is 0. The van der Waals surface area contributed by atoms with Crippen LogP contribution >= 0.6 is 35.2 Å². The molecule has 0 unspecified atom stereocenters. The molecule has 1 N–H and O–H groups in total. The number of thiophene rings is 1. The van der Waals surface area contributed by atoms with Crippen LogP contribution in [0.2, 0.25) is 4.34 Å². The molecular formula is C12H15ClN2S2. The first-order valence-corrected chi connectivity index (χ1v) is 7.01. The average molecular weight is 287 g/mol. The highest BCUT2D eigenvalue weighted by atomic mass is 35.5. The Morgan fingerprint density at radius 3 is 2.65 bits per heavy atom. The first-order chi connectivity index (χ1) is 7.88. The highest BCUT2D eigenvalue weighted by molar-refractivity contribution is 7.71. The number of imidazole rings is 1. The number of H-pyrrole nitrogens is 1. The lowest BCUT2D eigenvalue weighted by molar-refractivity contribution is 0.530. The number of aromatic nitrogens is 2. The fourth-order valence-corrected chi connectivity index (χ4v) is 3.06. The number of nitrogens with zero attached hydrogens (tertiary/aromatic N) is 1. The van der Waals surface area contributed by atoms with Crippen LogP contribution in [0.25, 0.3) is 0 Å². The van der Waals surface area contributed by atoms with Crippen LogP contribution in [0.4, 0.5) is 0 Å². The van der Waals surface area contributed by atoms with Crippen molar-refractivity contribution < 1.29 is 0 Å². The molecule has 0 amide bonds. The van der Waals surface area contributed by atoms with Crippen LogP contribution in [-0.4, -0.2) is 9.55 Å². The van der Waals surface area contributed by atoms with Crippen molar-refractivity contribution in [2.75, 3.05) is 0 Å². The van der Waals surface area contributed by atoms with E-state index in [0.29, 0.717) is 0 Å². The minimum atomic E-state index is 0.0780. The molecule has 0 aliphatic heterocycles. The summed E-state index contributed by atoms with van der Waals surface area (Å²) in [6.45, 7) is 7.33. The standard InChI is InChI=1S/C12H15ClN2S2/c1-12(2,3)9-6-14-11(16)15(9)7-8-4-5-10(13)17-8/h4-6H,7H2,1-3H3,(H,14,16). The molecule has 2 nitrogen and oxygen atoms in total. The van der Waals surface area contributed by atoms with Gasteiger partial charge in [-0.05, 0) is 24.4 Å². The lowest BCUT2D eigenvalue weighted by Crippen LogP contribution is -2.17. The van der Waals surface area contributed by atoms with Gasteiger partial charge in [-0.2, -0.15) is 0 Å². The first kappa shape index (κ1) is 12.9. The Hall–Kier alpha value is -0.580. The summed E-state index contributed by atoms with van der Waals surface area (Å²) in [6, 6.07) is 3.97. The second kappa shape index (κ2) is 4.59. The SMILES string of the molecule is CC(C)(C)c1c[nH]c(=S)n1Cc1ccc(Cl)s1. The van der Waals surface area contributed by atoms with Crippen molar-refractivity contribution in [3.63, 3.8) is 0 Å². The molecule has 5 heteroatoms. The van der Waals surface area contributed by atoms with E-state index in [2.05, 4.69) is 30.3 Å². The van der Waals surface area contributed by atoms with Crippen LogP contribution in [0.15, 0.2) is 18.3 Å². The summed E-state index contributed by atoms with van der Waals surface area (Å²) in [4.78, 5) is 4.34. The van der Waals surface area contributed by atoms with Crippen molar-refractivity contribution in [3.05, 3.63) is 38.0 Å². The highest BCUT2D eigenvalue weighted by Gasteiger charge is 2.19. The average Bonchev–Trinajstić information content (AvgIpc) is 2.74. The zero-order valence-electron chi connectivity index (χ0n) is 10.1. The van der Waals surface area contributed by atoms with Gasteiger partial charge in [0.15, 0.2) is 4.77 Å². The molecule has 92 valence electrons. The number of rotatable bonds is 2. The Labute approximate surface area is 115 Å². The van der Waals surface area contributed by atoms with Gasteiger partial charge in [0.2, 0.25) is 0 Å². The molecule has 17 heavy (non-hydrogen) atoms. The van der Waals surface area contributed by atoms with Crippen molar-refractivity contribution in [2.45, 2.75) is 32.7 Å². The fraction of sp³-hybridized carbons (Fsp3) is 0.417. The summed E-state index contributed by atoms with van der Waals surface area (Å²) in [6.07, 6.45) is 2.00. The van der Waals surface area contributed by atoms with Gasteiger partial charge in [-0.15, -0.1) is 11.3 Å². The van der Waals surface area contributed by atoms with Gasteiger partial charge in [0, 0.05) is 22.2 Å². The third-order valence-corrected chi connectivity index (χ3v) is 4.13. The lowest BCUT2D eigenvalue weighted by atomic mass is 9.92. The molecule has 0 fully saturated rings. The summed E-state index contributed by atoms with van der Waals surface area (Å²) in [5, 5.41) is 0. The Morgan fingerprint density at radius 1 is 1.41 bits per heavy atom. The fourth-order valence-electron chi connectivity index (χ4n) is 1.77. The van der Waals surface area contributed by atoms with E-state index >= 15 is 0 Å². The van der Waals surface area contributed by atoms with Crippen LogP contribution in [0.3, 0.4) is 0 Å². The topological polar surface area (TPSA) is 20.7 Å². The van der Waals surface area contributed by atoms with Crippen LogP contribution < -0.4 is 0 Å². The van der Waals surface area contributed by atoms with E-state index in [-0.39, 0.29) is 5.41 Å². The van der Waals surface area contributed by atoms with Gasteiger partial charge in [0.25, 0.3) is 0 Å². The third-order valence-electron chi connectivity index (χ3n) is 2.58.